The Morgan fingerprint density at radius 1 is 1.58 bits per heavy atom. The molecule has 70 valence electrons. The fourth-order valence-corrected chi connectivity index (χ4v) is 0.936. The van der Waals surface area contributed by atoms with Gasteiger partial charge in [0.25, 0.3) is 6.47 Å². The van der Waals surface area contributed by atoms with E-state index in [9.17, 15) is 4.79 Å². The van der Waals surface area contributed by atoms with Crippen molar-refractivity contribution in [1.82, 2.24) is 0 Å². The molecular formula is C8H16N2O2. The van der Waals surface area contributed by atoms with Crippen molar-refractivity contribution in [1.29, 1.82) is 0 Å². The first-order chi connectivity index (χ1) is 5.76. The predicted molar refractivity (Wildman–Crippen MR) is 47.3 cm³/mol. The lowest BCUT2D eigenvalue weighted by atomic mass is 9.98. The Hall–Kier alpha value is -0.870. The van der Waals surface area contributed by atoms with Gasteiger partial charge in [0, 0.05) is 18.5 Å². The minimum atomic E-state index is -0.136. The van der Waals surface area contributed by atoms with Crippen LogP contribution >= 0.6 is 0 Å². The Morgan fingerprint density at radius 2 is 2.25 bits per heavy atom. The van der Waals surface area contributed by atoms with Crippen LogP contribution in [0.3, 0.4) is 0 Å². The molecule has 0 aromatic carbocycles. The van der Waals surface area contributed by atoms with E-state index in [1.165, 1.54) is 0 Å². The van der Waals surface area contributed by atoms with Crippen LogP contribution in [0.1, 0.15) is 6.42 Å². The number of nitrogens with two attached hydrogens (primary N) is 2. The van der Waals surface area contributed by atoms with E-state index in [-0.39, 0.29) is 12.0 Å². The number of allylic oxidation sites excluding steroid dienone is 1. The first-order valence-electron chi connectivity index (χ1n) is 3.88. The lowest BCUT2D eigenvalue weighted by molar-refractivity contribution is -0.130. The van der Waals surface area contributed by atoms with Gasteiger partial charge >= 0.3 is 0 Å². The van der Waals surface area contributed by atoms with Gasteiger partial charge < -0.3 is 16.2 Å². The van der Waals surface area contributed by atoms with E-state index in [2.05, 4.69) is 11.3 Å². The van der Waals surface area contributed by atoms with Crippen LogP contribution in [-0.2, 0) is 9.53 Å². The molecule has 0 bridgehead atoms. The minimum Gasteiger partial charge on any atom is -0.468 e. The van der Waals surface area contributed by atoms with Gasteiger partial charge in [-0.25, -0.2) is 0 Å². The molecule has 0 aliphatic rings. The van der Waals surface area contributed by atoms with E-state index in [0.717, 1.165) is 0 Å². The number of carbonyl (C=O) groups is 1. The zero-order valence-electron chi connectivity index (χ0n) is 7.11. The second-order valence-corrected chi connectivity index (χ2v) is 2.61. The summed E-state index contributed by atoms with van der Waals surface area (Å²) in [4.78, 5) is 9.90. The number of rotatable bonds is 7. The molecule has 4 nitrogen and oxygen atoms in total. The van der Waals surface area contributed by atoms with Crippen LogP contribution in [0.4, 0.5) is 0 Å². The first-order valence-corrected chi connectivity index (χ1v) is 3.88. The number of hydrogen-bond acceptors (Lipinski definition) is 4. The van der Waals surface area contributed by atoms with Crippen molar-refractivity contribution < 1.29 is 9.53 Å². The van der Waals surface area contributed by atoms with Crippen LogP contribution < -0.4 is 11.5 Å². The lowest BCUT2D eigenvalue weighted by Crippen LogP contribution is -2.39. The number of carbonyl (C=O) groups excluding carboxylic acids is 1. The van der Waals surface area contributed by atoms with Crippen LogP contribution in [-0.4, -0.2) is 25.7 Å². The molecule has 0 saturated heterocycles. The average molecular weight is 172 g/mol. The van der Waals surface area contributed by atoms with E-state index in [1.807, 2.05) is 0 Å². The highest BCUT2D eigenvalue weighted by molar-refractivity contribution is 5.36. The molecule has 0 heterocycles. The molecule has 0 aromatic rings. The molecule has 0 fully saturated rings. The molecular weight excluding hydrogens is 156 g/mol. The predicted octanol–water partition coefficient (Wildman–Crippen LogP) is -0.362. The maximum atomic E-state index is 9.90. The summed E-state index contributed by atoms with van der Waals surface area (Å²) in [5.41, 5.74) is 11.0. The second kappa shape index (κ2) is 6.82. The van der Waals surface area contributed by atoms with Gasteiger partial charge in [0.2, 0.25) is 0 Å². The van der Waals surface area contributed by atoms with Crippen LogP contribution in [0.15, 0.2) is 12.7 Å². The molecule has 0 rings (SSSR count). The van der Waals surface area contributed by atoms with Crippen molar-refractivity contribution in [2.24, 2.45) is 17.4 Å². The summed E-state index contributed by atoms with van der Waals surface area (Å²) in [7, 11) is 0. The third kappa shape index (κ3) is 4.10. The van der Waals surface area contributed by atoms with Crippen LogP contribution in [0.2, 0.25) is 0 Å². The second-order valence-electron chi connectivity index (χ2n) is 2.61. The summed E-state index contributed by atoms with van der Waals surface area (Å²) < 4.78 is 4.61. The van der Waals surface area contributed by atoms with Crippen molar-refractivity contribution in [3.8, 4) is 0 Å². The third-order valence-corrected chi connectivity index (χ3v) is 1.73. The van der Waals surface area contributed by atoms with E-state index >= 15 is 0 Å². The third-order valence-electron chi connectivity index (χ3n) is 1.73. The van der Waals surface area contributed by atoms with E-state index in [0.29, 0.717) is 26.0 Å². The Balaban J connectivity index is 3.83. The Morgan fingerprint density at radius 3 is 2.67 bits per heavy atom. The topological polar surface area (TPSA) is 78.3 Å². The summed E-state index contributed by atoms with van der Waals surface area (Å²) in [5.74, 6) is 0.0812. The van der Waals surface area contributed by atoms with E-state index in [4.69, 9.17) is 11.5 Å². The maximum Gasteiger partial charge on any atom is 0.293 e. The van der Waals surface area contributed by atoms with Gasteiger partial charge in [-0.3, -0.25) is 4.79 Å². The Kier molecular flexibility index (Phi) is 6.32. The van der Waals surface area contributed by atoms with Crippen molar-refractivity contribution in [3.05, 3.63) is 12.7 Å². The first kappa shape index (κ1) is 11.1. The van der Waals surface area contributed by atoms with Crippen molar-refractivity contribution in [2.45, 2.75) is 12.5 Å². The fraction of sp³-hybridized carbons (Fsp3) is 0.625. The van der Waals surface area contributed by atoms with Crippen LogP contribution in [0.5, 0.6) is 0 Å². The van der Waals surface area contributed by atoms with Gasteiger partial charge in [0.1, 0.15) is 0 Å². The van der Waals surface area contributed by atoms with Gasteiger partial charge in [0.15, 0.2) is 0 Å². The summed E-state index contributed by atoms with van der Waals surface area (Å²) in [6.45, 7) is 4.70. The van der Waals surface area contributed by atoms with Gasteiger partial charge in [-0.2, -0.15) is 0 Å². The Labute approximate surface area is 72.6 Å². The molecule has 0 radical (unpaired) electrons. The summed E-state index contributed by atoms with van der Waals surface area (Å²) in [6.07, 6.45) is 2.46. The highest BCUT2D eigenvalue weighted by Gasteiger charge is 2.15. The molecule has 2 atom stereocenters. The largest absolute Gasteiger partial charge is 0.468 e. The molecule has 0 aliphatic carbocycles. The maximum absolute atomic E-state index is 9.90. The normalized spacial score (nSPS) is 14.8. The molecule has 0 aromatic heterocycles. The monoisotopic (exact) mass is 172 g/mol. The molecule has 2 unspecified atom stereocenters. The minimum absolute atomic E-state index is 0.0812. The van der Waals surface area contributed by atoms with Crippen LogP contribution in [0.25, 0.3) is 0 Å². The molecule has 0 saturated carbocycles. The molecule has 0 spiro atoms. The zero-order chi connectivity index (χ0) is 9.40. The Bertz CT molecular complexity index is 139. The quantitative estimate of drug-likeness (QED) is 0.406. The van der Waals surface area contributed by atoms with Gasteiger partial charge in [-0.15, -0.1) is 6.58 Å². The van der Waals surface area contributed by atoms with Crippen molar-refractivity contribution >= 4 is 6.47 Å². The zero-order valence-corrected chi connectivity index (χ0v) is 7.11. The number of hydrogen-bond donors (Lipinski definition) is 2. The van der Waals surface area contributed by atoms with Crippen molar-refractivity contribution in [3.63, 3.8) is 0 Å². The van der Waals surface area contributed by atoms with E-state index in [1.54, 1.807) is 6.08 Å². The average Bonchev–Trinajstić information content (AvgIpc) is 2.11. The van der Waals surface area contributed by atoms with E-state index < -0.39 is 0 Å². The highest BCUT2D eigenvalue weighted by Crippen LogP contribution is 2.07. The SMILES string of the molecule is C=CCC(COC=O)C(N)CN. The van der Waals surface area contributed by atoms with Crippen molar-refractivity contribution in [2.75, 3.05) is 13.2 Å². The fourth-order valence-electron chi connectivity index (χ4n) is 0.936. The van der Waals surface area contributed by atoms with Crippen LogP contribution in [0, 0.1) is 5.92 Å². The van der Waals surface area contributed by atoms with Gasteiger partial charge in [-0.05, 0) is 6.42 Å². The summed E-state index contributed by atoms with van der Waals surface area (Å²) in [6, 6.07) is -0.136. The van der Waals surface area contributed by atoms with Gasteiger partial charge in [0.05, 0.1) is 6.61 Å². The lowest BCUT2D eigenvalue weighted by Gasteiger charge is -2.19. The molecule has 0 aliphatic heterocycles. The van der Waals surface area contributed by atoms with Gasteiger partial charge in [-0.1, -0.05) is 6.08 Å². The standard InChI is InChI=1S/C8H16N2O2/c1-2-3-7(5-12-6-11)8(10)4-9/h2,6-8H,1,3-5,9-10H2. The molecule has 4 N–H and O–H groups in total. The smallest absolute Gasteiger partial charge is 0.293 e. The molecule has 4 heteroatoms. The summed E-state index contributed by atoms with van der Waals surface area (Å²) in [5, 5.41) is 0. The number of ether oxygens (including phenoxy) is 1. The molecule has 12 heavy (non-hydrogen) atoms. The molecule has 0 amide bonds. The summed E-state index contributed by atoms with van der Waals surface area (Å²) >= 11 is 0. The highest BCUT2D eigenvalue weighted by atomic mass is 16.5.